The fourth-order valence-electron chi connectivity index (χ4n) is 3.80. The molecule has 0 saturated carbocycles. The number of ether oxygens (including phenoxy) is 1. The van der Waals surface area contributed by atoms with E-state index < -0.39 is 0 Å². The zero-order valence-corrected chi connectivity index (χ0v) is 16.3. The summed E-state index contributed by atoms with van der Waals surface area (Å²) in [7, 11) is 0. The van der Waals surface area contributed by atoms with Crippen LogP contribution in [0.3, 0.4) is 0 Å². The largest absolute Gasteiger partial charge is 0.494 e. The van der Waals surface area contributed by atoms with E-state index in [-0.39, 0.29) is 11.9 Å². The number of carbonyl (C=O) groups excluding carboxylic acids is 1. The Labute approximate surface area is 165 Å². The van der Waals surface area contributed by atoms with Crippen LogP contribution in [-0.2, 0) is 0 Å². The second-order valence-electron chi connectivity index (χ2n) is 7.05. The minimum absolute atomic E-state index is 0.0165. The fraction of sp³-hybridized carbons (Fsp3) is 0.304. The second kappa shape index (κ2) is 7.89. The number of nitrogens with zero attached hydrogens (tertiary/aromatic N) is 2. The van der Waals surface area contributed by atoms with Gasteiger partial charge in [0.15, 0.2) is 0 Å². The number of hydrogen-bond donors (Lipinski definition) is 1. The number of carbonyl (C=O) groups is 1. The molecule has 144 valence electrons. The van der Waals surface area contributed by atoms with E-state index in [2.05, 4.69) is 36.2 Å². The molecule has 1 N–H and O–H groups in total. The molecule has 1 aromatic heterocycles. The summed E-state index contributed by atoms with van der Waals surface area (Å²) in [6.45, 7) is 5.59. The SMILES string of the molecule is CCCOc1ccc(C2c3c(-c4ccccc4)n[nH]c3C(=O)N2CCC)cc1. The van der Waals surface area contributed by atoms with Gasteiger partial charge in [0, 0.05) is 17.7 Å². The maximum absolute atomic E-state index is 13.1. The summed E-state index contributed by atoms with van der Waals surface area (Å²) in [4.78, 5) is 15.0. The van der Waals surface area contributed by atoms with Gasteiger partial charge in [-0.15, -0.1) is 0 Å². The van der Waals surface area contributed by atoms with Crippen molar-refractivity contribution in [2.24, 2.45) is 0 Å². The molecule has 0 saturated heterocycles. The molecule has 2 aromatic carbocycles. The Balaban J connectivity index is 1.77. The third kappa shape index (κ3) is 3.17. The number of hydrogen-bond acceptors (Lipinski definition) is 3. The summed E-state index contributed by atoms with van der Waals surface area (Å²) >= 11 is 0. The first-order chi connectivity index (χ1) is 13.7. The van der Waals surface area contributed by atoms with E-state index in [0.29, 0.717) is 18.8 Å². The molecular formula is C23H25N3O2. The molecule has 5 heteroatoms. The predicted octanol–water partition coefficient (Wildman–Crippen LogP) is 4.82. The van der Waals surface area contributed by atoms with Gasteiger partial charge in [-0.3, -0.25) is 9.89 Å². The third-order valence-electron chi connectivity index (χ3n) is 5.04. The number of fused-ring (bicyclic) bond motifs is 1. The van der Waals surface area contributed by atoms with Crippen LogP contribution in [-0.4, -0.2) is 34.2 Å². The summed E-state index contributed by atoms with van der Waals surface area (Å²) in [6.07, 6.45) is 1.88. The van der Waals surface area contributed by atoms with Crippen LogP contribution >= 0.6 is 0 Å². The number of nitrogens with one attached hydrogen (secondary N) is 1. The van der Waals surface area contributed by atoms with Gasteiger partial charge in [0.25, 0.3) is 5.91 Å². The van der Waals surface area contributed by atoms with Gasteiger partial charge in [0.2, 0.25) is 0 Å². The topological polar surface area (TPSA) is 58.2 Å². The van der Waals surface area contributed by atoms with Crippen LogP contribution < -0.4 is 4.74 Å². The monoisotopic (exact) mass is 375 g/mol. The van der Waals surface area contributed by atoms with Crippen molar-refractivity contribution in [1.29, 1.82) is 0 Å². The highest BCUT2D eigenvalue weighted by molar-refractivity contribution is 6.00. The maximum atomic E-state index is 13.1. The smallest absolute Gasteiger partial charge is 0.273 e. The van der Waals surface area contributed by atoms with Gasteiger partial charge < -0.3 is 9.64 Å². The predicted molar refractivity (Wildman–Crippen MR) is 109 cm³/mol. The molecule has 1 amide bonds. The van der Waals surface area contributed by atoms with E-state index in [9.17, 15) is 4.79 Å². The van der Waals surface area contributed by atoms with Crippen molar-refractivity contribution in [3.63, 3.8) is 0 Å². The lowest BCUT2D eigenvalue weighted by Gasteiger charge is -2.26. The van der Waals surface area contributed by atoms with Gasteiger partial charge in [0.1, 0.15) is 11.4 Å². The Morgan fingerprint density at radius 2 is 1.79 bits per heavy atom. The molecule has 28 heavy (non-hydrogen) atoms. The lowest BCUT2D eigenvalue weighted by atomic mass is 9.96. The maximum Gasteiger partial charge on any atom is 0.273 e. The molecule has 0 fully saturated rings. The quantitative estimate of drug-likeness (QED) is 0.644. The molecule has 0 spiro atoms. The molecule has 4 rings (SSSR count). The van der Waals surface area contributed by atoms with Crippen LogP contribution in [0.25, 0.3) is 11.3 Å². The molecule has 5 nitrogen and oxygen atoms in total. The Hall–Kier alpha value is -3.08. The molecule has 0 radical (unpaired) electrons. The standard InChI is InChI=1S/C23H25N3O2/c1-3-14-26-22(17-10-12-18(13-11-17)28-15-4-2)19-20(16-8-6-5-7-9-16)24-25-21(19)23(26)27/h5-13,22H,3-4,14-15H2,1-2H3,(H,24,25). The van der Waals surface area contributed by atoms with Crippen LogP contribution in [0.15, 0.2) is 54.6 Å². The summed E-state index contributed by atoms with van der Waals surface area (Å²) in [5.74, 6) is 0.871. The Morgan fingerprint density at radius 3 is 2.46 bits per heavy atom. The summed E-state index contributed by atoms with van der Waals surface area (Å²) in [5.41, 5.74) is 4.50. The van der Waals surface area contributed by atoms with E-state index in [0.717, 1.165) is 41.0 Å². The van der Waals surface area contributed by atoms with E-state index in [1.54, 1.807) is 0 Å². The second-order valence-corrected chi connectivity index (χ2v) is 7.05. The molecule has 1 aliphatic heterocycles. The summed E-state index contributed by atoms with van der Waals surface area (Å²) < 4.78 is 5.72. The number of amides is 1. The number of H-pyrrole nitrogens is 1. The molecule has 3 aromatic rings. The Bertz CT molecular complexity index is 948. The van der Waals surface area contributed by atoms with Crippen LogP contribution in [0.2, 0.25) is 0 Å². The normalized spacial score (nSPS) is 15.7. The van der Waals surface area contributed by atoms with Gasteiger partial charge in [-0.1, -0.05) is 56.3 Å². The molecule has 2 heterocycles. The minimum Gasteiger partial charge on any atom is -0.494 e. The van der Waals surface area contributed by atoms with Crippen LogP contribution in [0.1, 0.15) is 54.3 Å². The van der Waals surface area contributed by atoms with Gasteiger partial charge in [-0.05, 0) is 30.5 Å². The van der Waals surface area contributed by atoms with Gasteiger partial charge in [0.05, 0.1) is 18.3 Å². The Morgan fingerprint density at radius 1 is 1.04 bits per heavy atom. The molecular weight excluding hydrogens is 350 g/mol. The van der Waals surface area contributed by atoms with Crippen molar-refractivity contribution in [3.8, 4) is 17.0 Å². The van der Waals surface area contributed by atoms with Gasteiger partial charge in [-0.25, -0.2) is 0 Å². The highest BCUT2D eigenvalue weighted by Crippen LogP contribution is 2.42. The summed E-state index contributed by atoms with van der Waals surface area (Å²) in [6, 6.07) is 18.0. The molecule has 0 bridgehead atoms. The van der Waals surface area contributed by atoms with Crippen molar-refractivity contribution >= 4 is 5.91 Å². The zero-order valence-electron chi connectivity index (χ0n) is 16.3. The minimum atomic E-state index is -0.142. The van der Waals surface area contributed by atoms with Crippen molar-refractivity contribution in [2.45, 2.75) is 32.7 Å². The number of aromatic amines is 1. The molecule has 1 atom stereocenters. The highest BCUT2D eigenvalue weighted by atomic mass is 16.5. The van der Waals surface area contributed by atoms with E-state index in [1.807, 2.05) is 47.4 Å². The average molecular weight is 375 g/mol. The third-order valence-corrected chi connectivity index (χ3v) is 5.04. The first kappa shape index (κ1) is 18.3. The molecule has 1 unspecified atom stereocenters. The van der Waals surface area contributed by atoms with Crippen LogP contribution in [0, 0.1) is 0 Å². The first-order valence-electron chi connectivity index (χ1n) is 9.92. The van der Waals surface area contributed by atoms with Crippen LogP contribution in [0.4, 0.5) is 0 Å². The first-order valence-corrected chi connectivity index (χ1v) is 9.92. The van der Waals surface area contributed by atoms with E-state index in [4.69, 9.17) is 4.74 Å². The fourth-order valence-corrected chi connectivity index (χ4v) is 3.80. The van der Waals surface area contributed by atoms with E-state index >= 15 is 0 Å². The van der Waals surface area contributed by atoms with Gasteiger partial charge in [-0.2, -0.15) is 5.10 Å². The van der Waals surface area contributed by atoms with Crippen molar-refractivity contribution < 1.29 is 9.53 Å². The van der Waals surface area contributed by atoms with Gasteiger partial charge >= 0.3 is 0 Å². The number of benzene rings is 2. The highest BCUT2D eigenvalue weighted by Gasteiger charge is 2.41. The zero-order chi connectivity index (χ0) is 19.5. The van der Waals surface area contributed by atoms with E-state index in [1.165, 1.54) is 0 Å². The van der Waals surface area contributed by atoms with Crippen molar-refractivity contribution in [1.82, 2.24) is 15.1 Å². The average Bonchev–Trinajstić information content (AvgIpc) is 3.28. The lowest BCUT2D eigenvalue weighted by Crippen LogP contribution is -2.30. The lowest BCUT2D eigenvalue weighted by molar-refractivity contribution is 0.0744. The van der Waals surface area contributed by atoms with Crippen LogP contribution in [0.5, 0.6) is 5.75 Å². The van der Waals surface area contributed by atoms with Crippen molar-refractivity contribution in [3.05, 3.63) is 71.4 Å². The Kier molecular flexibility index (Phi) is 5.15. The molecule has 0 aliphatic carbocycles. The number of aromatic nitrogens is 2. The summed E-state index contributed by atoms with van der Waals surface area (Å²) in [5, 5.41) is 7.49. The number of rotatable bonds is 7. The van der Waals surface area contributed by atoms with Crippen molar-refractivity contribution in [2.75, 3.05) is 13.2 Å². The molecule has 1 aliphatic rings.